The molecule has 0 aliphatic carbocycles. The molecule has 2 atom stereocenters. The van der Waals surface area contributed by atoms with Gasteiger partial charge in [-0.05, 0) is 31.0 Å². The highest BCUT2D eigenvalue weighted by Crippen LogP contribution is 2.16. The van der Waals surface area contributed by atoms with Gasteiger partial charge in [-0.1, -0.05) is 5.11 Å². The molecule has 0 aromatic rings. The first-order valence-electron chi connectivity index (χ1n) is 7.80. The van der Waals surface area contributed by atoms with Gasteiger partial charge in [-0.2, -0.15) is 11.8 Å². The number of hydrogen-bond donors (Lipinski definition) is 0. The van der Waals surface area contributed by atoms with Crippen LogP contribution in [0.5, 0.6) is 0 Å². The molecule has 0 bridgehead atoms. The number of ether oxygens (including phenoxy) is 4. The highest BCUT2D eigenvalue weighted by atomic mass is 32.2. The van der Waals surface area contributed by atoms with Crippen molar-refractivity contribution in [1.82, 2.24) is 0 Å². The maximum Gasteiger partial charge on any atom is 0.348 e. The lowest BCUT2D eigenvalue weighted by atomic mass is 10.2. The third kappa shape index (κ3) is 8.97. The van der Waals surface area contributed by atoms with Gasteiger partial charge in [-0.15, -0.1) is 0 Å². The molecule has 10 heteroatoms. The van der Waals surface area contributed by atoms with Gasteiger partial charge in [0.1, 0.15) is 0 Å². The van der Waals surface area contributed by atoms with Crippen LogP contribution in [0.2, 0.25) is 0 Å². The fraction of sp³-hybridized carbons (Fsp3) is 0.857. The van der Waals surface area contributed by atoms with Crippen LogP contribution in [0.25, 0.3) is 10.4 Å². The minimum atomic E-state index is -0.802. The molecule has 0 radical (unpaired) electrons. The first-order valence-corrected chi connectivity index (χ1v) is 8.95. The summed E-state index contributed by atoms with van der Waals surface area (Å²) >= 11 is 1.71. The average Bonchev–Trinajstić information content (AvgIpc) is 2.56. The van der Waals surface area contributed by atoms with E-state index in [4.69, 9.17) is 24.5 Å². The summed E-state index contributed by atoms with van der Waals surface area (Å²) in [5.74, 6) is 0.742. The summed E-state index contributed by atoms with van der Waals surface area (Å²) in [5.41, 5.74) is 8.07. The number of carbonyl (C=O) groups excluding carboxylic acids is 2. The van der Waals surface area contributed by atoms with Crippen molar-refractivity contribution in [2.24, 2.45) is 5.11 Å². The Balaban J connectivity index is 1.88. The standard InChI is InChI=1S/C14H23N3O6S/c1-11-13(18)23-12(14(19)22-11)3-2-9-24-10-8-21-7-6-20-5-4-16-17-15/h11-12H,2-10H2,1H3. The minimum absolute atomic E-state index is 0.328. The van der Waals surface area contributed by atoms with E-state index in [0.29, 0.717) is 39.4 Å². The van der Waals surface area contributed by atoms with E-state index in [2.05, 4.69) is 10.0 Å². The van der Waals surface area contributed by atoms with E-state index < -0.39 is 24.1 Å². The molecule has 136 valence electrons. The first kappa shape index (κ1) is 20.6. The molecule has 0 spiro atoms. The second kappa shape index (κ2) is 12.9. The second-order valence-corrected chi connectivity index (χ2v) is 6.16. The van der Waals surface area contributed by atoms with Crippen LogP contribution >= 0.6 is 11.8 Å². The van der Waals surface area contributed by atoms with Crippen LogP contribution in [0, 0.1) is 0 Å². The maximum atomic E-state index is 11.5. The van der Waals surface area contributed by atoms with E-state index in [-0.39, 0.29) is 0 Å². The van der Waals surface area contributed by atoms with E-state index in [9.17, 15) is 9.59 Å². The number of thioether (sulfide) groups is 1. The molecule has 1 aliphatic rings. The monoisotopic (exact) mass is 361 g/mol. The second-order valence-electron chi connectivity index (χ2n) is 4.94. The lowest BCUT2D eigenvalue weighted by Gasteiger charge is -2.25. The summed E-state index contributed by atoms with van der Waals surface area (Å²) in [4.78, 5) is 25.5. The molecule has 1 rings (SSSR count). The van der Waals surface area contributed by atoms with Gasteiger partial charge in [-0.3, -0.25) is 0 Å². The predicted octanol–water partition coefficient (Wildman–Crippen LogP) is 1.70. The zero-order chi connectivity index (χ0) is 17.6. The van der Waals surface area contributed by atoms with Crippen LogP contribution in [-0.4, -0.2) is 68.6 Å². The van der Waals surface area contributed by atoms with E-state index in [0.717, 1.165) is 17.9 Å². The Hall–Kier alpha value is -1.48. The Morgan fingerprint density at radius 2 is 1.88 bits per heavy atom. The van der Waals surface area contributed by atoms with Gasteiger partial charge < -0.3 is 18.9 Å². The molecule has 1 heterocycles. The molecular weight excluding hydrogens is 338 g/mol. The average molecular weight is 361 g/mol. The maximum absolute atomic E-state index is 11.5. The fourth-order valence-corrected chi connectivity index (χ4v) is 2.63. The number of azide groups is 1. The van der Waals surface area contributed by atoms with Crippen LogP contribution in [-0.2, 0) is 28.5 Å². The van der Waals surface area contributed by atoms with Gasteiger partial charge in [-0.25, -0.2) is 9.59 Å². The highest BCUT2D eigenvalue weighted by molar-refractivity contribution is 7.99. The zero-order valence-electron chi connectivity index (χ0n) is 13.7. The Morgan fingerprint density at radius 3 is 2.62 bits per heavy atom. The third-order valence-corrected chi connectivity index (χ3v) is 4.08. The van der Waals surface area contributed by atoms with Gasteiger partial charge in [0, 0.05) is 17.2 Å². The summed E-state index contributed by atoms with van der Waals surface area (Å²) < 4.78 is 20.5. The Bertz CT molecular complexity index is 444. The molecule has 0 N–H and O–H groups in total. The van der Waals surface area contributed by atoms with Crippen molar-refractivity contribution in [2.45, 2.75) is 32.0 Å². The first-order chi connectivity index (χ1) is 11.6. The van der Waals surface area contributed by atoms with Crippen molar-refractivity contribution < 1.29 is 28.5 Å². The SMILES string of the molecule is CC1OC(=O)C(CCCSCCOCCOCCN=[N+]=[N-])OC1=O. The van der Waals surface area contributed by atoms with Crippen LogP contribution in [0.15, 0.2) is 5.11 Å². The van der Waals surface area contributed by atoms with Crippen LogP contribution in [0.1, 0.15) is 19.8 Å². The van der Waals surface area contributed by atoms with Gasteiger partial charge >= 0.3 is 11.9 Å². The van der Waals surface area contributed by atoms with E-state index in [1.807, 2.05) is 0 Å². The van der Waals surface area contributed by atoms with Crippen molar-refractivity contribution >= 4 is 23.7 Å². The molecule has 0 saturated carbocycles. The van der Waals surface area contributed by atoms with E-state index >= 15 is 0 Å². The van der Waals surface area contributed by atoms with Crippen molar-refractivity contribution in [3.05, 3.63) is 10.4 Å². The largest absolute Gasteiger partial charge is 0.448 e. The zero-order valence-corrected chi connectivity index (χ0v) is 14.5. The van der Waals surface area contributed by atoms with Gasteiger partial charge in [0.2, 0.25) is 0 Å². The van der Waals surface area contributed by atoms with E-state index in [1.165, 1.54) is 6.92 Å². The molecule has 2 unspecified atom stereocenters. The van der Waals surface area contributed by atoms with Crippen molar-refractivity contribution in [3.8, 4) is 0 Å². The predicted molar refractivity (Wildman–Crippen MR) is 87.6 cm³/mol. The van der Waals surface area contributed by atoms with Gasteiger partial charge in [0.05, 0.1) is 26.4 Å². The Labute approximate surface area is 145 Å². The van der Waals surface area contributed by atoms with Crippen LogP contribution in [0.4, 0.5) is 0 Å². The van der Waals surface area contributed by atoms with E-state index in [1.54, 1.807) is 11.8 Å². The molecule has 1 saturated heterocycles. The minimum Gasteiger partial charge on any atom is -0.448 e. The molecular formula is C14H23N3O6S. The number of hydrogen-bond acceptors (Lipinski definition) is 8. The quantitative estimate of drug-likeness (QED) is 0.161. The molecule has 24 heavy (non-hydrogen) atoms. The van der Waals surface area contributed by atoms with Crippen molar-refractivity contribution in [2.75, 3.05) is 44.5 Å². The number of cyclic esters (lactones) is 2. The Kier molecular flexibility index (Phi) is 11.0. The molecule has 0 aromatic carbocycles. The van der Waals surface area contributed by atoms with Crippen molar-refractivity contribution in [1.29, 1.82) is 0 Å². The van der Waals surface area contributed by atoms with Crippen LogP contribution < -0.4 is 0 Å². The lowest BCUT2D eigenvalue weighted by molar-refractivity contribution is -0.193. The third-order valence-electron chi connectivity index (χ3n) is 3.04. The van der Waals surface area contributed by atoms with Crippen LogP contribution in [0.3, 0.4) is 0 Å². The summed E-state index contributed by atoms with van der Waals surface area (Å²) in [6, 6.07) is 0. The number of carbonyl (C=O) groups is 2. The molecule has 0 amide bonds. The molecule has 0 aromatic heterocycles. The summed E-state index contributed by atoms with van der Waals surface area (Å²) in [5, 5.41) is 3.35. The van der Waals surface area contributed by atoms with Gasteiger partial charge in [0.15, 0.2) is 12.2 Å². The lowest BCUT2D eigenvalue weighted by Crippen LogP contribution is -2.42. The van der Waals surface area contributed by atoms with Crippen molar-refractivity contribution in [3.63, 3.8) is 0 Å². The normalized spacial score (nSPS) is 20.2. The fourth-order valence-electron chi connectivity index (χ4n) is 1.82. The smallest absolute Gasteiger partial charge is 0.348 e. The summed E-state index contributed by atoms with van der Waals surface area (Å²) in [6.07, 6.45) is -0.338. The number of nitrogens with zero attached hydrogens (tertiary/aromatic N) is 3. The van der Waals surface area contributed by atoms with Gasteiger partial charge in [0.25, 0.3) is 0 Å². The Morgan fingerprint density at radius 1 is 1.12 bits per heavy atom. The highest BCUT2D eigenvalue weighted by Gasteiger charge is 2.34. The molecule has 1 aliphatic heterocycles. The summed E-state index contributed by atoms with van der Waals surface area (Å²) in [7, 11) is 0. The molecule has 1 fully saturated rings. The number of esters is 2. The topological polar surface area (TPSA) is 120 Å². The molecule has 9 nitrogen and oxygen atoms in total. The number of rotatable bonds is 13. The summed E-state index contributed by atoms with van der Waals surface area (Å²) in [6.45, 7) is 3.81.